The van der Waals surface area contributed by atoms with Gasteiger partial charge in [-0.15, -0.1) is 0 Å². The van der Waals surface area contributed by atoms with Gasteiger partial charge in [-0.3, -0.25) is 9.52 Å². The Bertz CT molecular complexity index is 1070. The lowest BCUT2D eigenvalue weighted by Gasteiger charge is -2.15. The van der Waals surface area contributed by atoms with Gasteiger partial charge in [0.05, 0.1) is 36.6 Å². The highest BCUT2D eigenvalue weighted by Crippen LogP contribution is 2.37. The summed E-state index contributed by atoms with van der Waals surface area (Å²) in [6.45, 7) is 1.72. The molecule has 1 atom stereocenters. The van der Waals surface area contributed by atoms with Crippen LogP contribution in [0.15, 0.2) is 35.2 Å². The largest absolute Gasteiger partial charge is 0.495 e. The van der Waals surface area contributed by atoms with Gasteiger partial charge in [-0.25, -0.2) is 8.42 Å². The molecule has 3 rings (SSSR count). The van der Waals surface area contributed by atoms with E-state index in [4.69, 9.17) is 37.4 Å². The average molecular weight is 489 g/mol. The number of carbonyl (C=O) groups is 1. The van der Waals surface area contributed by atoms with Gasteiger partial charge in [0.25, 0.3) is 15.9 Å². The molecule has 1 heterocycles. The predicted molar refractivity (Wildman–Crippen MR) is 118 cm³/mol. The number of hydrogen-bond acceptors (Lipinski definition) is 6. The number of ether oxygens (including phenoxy) is 3. The predicted octanol–water partition coefficient (Wildman–Crippen LogP) is 3.58. The Kier molecular flexibility index (Phi) is 7.53. The Morgan fingerprint density at radius 3 is 2.52 bits per heavy atom. The maximum atomic E-state index is 13.0. The molecule has 0 radical (unpaired) electrons. The number of carbonyl (C=O) groups excluding carboxylic acids is 1. The minimum Gasteiger partial charge on any atom is -0.495 e. The molecule has 0 bridgehead atoms. The molecule has 31 heavy (non-hydrogen) atoms. The standard InChI is InChI=1S/C20H22Cl2N2O6S/c1-28-17-9-18(29-2)16(8-15(17)22)24-31(26,27)19-7-13(3-4-14(19)21)20(25)23-10-12-5-6-30-11-12/h3-4,7-9,12,24H,5-6,10-11H2,1-2H3,(H,23,25). The average Bonchev–Trinajstić information content (AvgIpc) is 3.26. The summed E-state index contributed by atoms with van der Waals surface area (Å²) in [5, 5.41) is 2.95. The Balaban J connectivity index is 1.85. The topological polar surface area (TPSA) is 103 Å². The summed E-state index contributed by atoms with van der Waals surface area (Å²) in [6.07, 6.45) is 0.872. The molecule has 11 heteroatoms. The van der Waals surface area contributed by atoms with Crippen molar-refractivity contribution in [3.05, 3.63) is 45.9 Å². The molecule has 0 aromatic heterocycles. The van der Waals surface area contributed by atoms with Gasteiger partial charge in [0.1, 0.15) is 16.4 Å². The number of rotatable bonds is 8. The lowest BCUT2D eigenvalue weighted by atomic mass is 10.1. The van der Waals surface area contributed by atoms with Crippen molar-refractivity contribution in [1.82, 2.24) is 5.32 Å². The van der Waals surface area contributed by atoms with Crippen LogP contribution in [0.3, 0.4) is 0 Å². The van der Waals surface area contributed by atoms with E-state index in [9.17, 15) is 13.2 Å². The fourth-order valence-corrected chi connectivity index (χ4v) is 4.90. The van der Waals surface area contributed by atoms with Gasteiger partial charge >= 0.3 is 0 Å². The fraction of sp³-hybridized carbons (Fsp3) is 0.350. The second-order valence-electron chi connectivity index (χ2n) is 6.88. The van der Waals surface area contributed by atoms with Gasteiger partial charge in [-0.1, -0.05) is 23.2 Å². The molecule has 1 fully saturated rings. The first kappa shape index (κ1) is 23.5. The van der Waals surface area contributed by atoms with E-state index >= 15 is 0 Å². The van der Waals surface area contributed by atoms with Crippen molar-refractivity contribution in [1.29, 1.82) is 0 Å². The lowest BCUT2D eigenvalue weighted by molar-refractivity contribution is 0.0945. The van der Waals surface area contributed by atoms with E-state index in [1.165, 1.54) is 44.6 Å². The van der Waals surface area contributed by atoms with Crippen LogP contribution < -0.4 is 19.5 Å². The number of hydrogen-bond donors (Lipinski definition) is 2. The number of sulfonamides is 1. The first-order valence-corrected chi connectivity index (χ1v) is 11.6. The van der Waals surface area contributed by atoms with Crippen molar-refractivity contribution in [2.75, 3.05) is 38.7 Å². The van der Waals surface area contributed by atoms with E-state index in [0.29, 0.717) is 25.5 Å². The van der Waals surface area contributed by atoms with Crippen LogP contribution in [0.4, 0.5) is 5.69 Å². The molecule has 8 nitrogen and oxygen atoms in total. The molecule has 0 aliphatic carbocycles. The summed E-state index contributed by atoms with van der Waals surface area (Å²) in [7, 11) is -1.35. The zero-order valence-corrected chi connectivity index (χ0v) is 19.2. The highest BCUT2D eigenvalue weighted by molar-refractivity contribution is 7.92. The van der Waals surface area contributed by atoms with E-state index in [0.717, 1.165) is 6.42 Å². The van der Waals surface area contributed by atoms with Crippen LogP contribution in [0.25, 0.3) is 0 Å². The normalized spacial score (nSPS) is 16.1. The molecule has 0 spiro atoms. The summed E-state index contributed by atoms with van der Waals surface area (Å²) in [4.78, 5) is 12.3. The Morgan fingerprint density at radius 1 is 1.13 bits per heavy atom. The van der Waals surface area contributed by atoms with Gasteiger partial charge < -0.3 is 19.5 Å². The third kappa shape index (κ3) is 5.54. The minimum absolute atomic E-state index is 0.0354. The van der Waals surface area contributed by atoms with Gasteiger partial charge in [0.2, 0.25) is 0 Å². The summed E-state index contributed by atoms with van der Waals surface area (Å²) in [5.74, 6) is 0.373. The van der Waals surface area contributed by atoms with Crippen LogP contribution in [-0.2, 0) is 14.8 Å². The second-order valence-corrected chi connectivity index (χ2v) is 9.34. The molecule has 2 N–H and O–H groups in total. The molecule has 1 unspecified atom stereocenters. The number of methoxy groups -OCH3 is 2. The molecule has 1 aliphatic rings. The Hall–Kier alpha value is -2.20. The molecule has 2 aromatic carbocycles. The highest BCUT2D eigenvalue weighted by Gasteiger charge is 2.23. The first-order chi connectivity index (χ1) is 14.7. The van der Waals surface area contributed by atoms with Crippen molar-refractivity contribution in [3.8, 4) is 11.5 Å². The number of nitrogens with one attached hydrogen (secondary N) is 2. The van der Waals surface area contributed by atoms with Crippen LogP contribution in [0, 0.1) is 5.92 Å². The molecule has 1 aliphatic heterocycles. The van der Waals surface area contributed by atoms with E-state index in [-0.39, 0.29) is 37.9 Å². The molecular weight excluding hydrogens is 467 g/mol. The van der Waals surface area contributed by atoms with Crippen LogP contribution in [-0.4, -0.2) is 48.3 Å². The maximum absolute atomic E-state index is 13.0. The van der Waals surface area contributed by atoms with Crippen molar-refractivity contribution >= 4 is 44.8 Å². The Morgan fingerprint density at radius 2 is 1.87 bits per heavy atom. The lowest BCUT2D eigenvalue weighted by Crippen LogP contribution is -2.29. The summed E-state index contributed by atoms with van der Waals surface area (Å²) < 4.78 is 44.1. The van der Waals surface area contributed by atoms with E-state index in [1.807, 2.05) is 0 Å². The molecule has 168 valence electrons. The third-order valence-corrected chi connectivity index (χ3v) is 6.92. The quantitative estimate of drug-likeness (QED) is 0.588. The van der Waals surface area contributed by atoms with Gasteiger partial charge in [0.15, 0.2) is 0 Å². The van der Waals surface area contributed by atoms with Crippen molar-refractivity contribution in [2.24, 2.45) is 5.92 Å². The van der Waals surface area contributed by atoms with E-state index in [1.54, 1.807) is 0 Å². The number of halogens is 2. The van der Waals surface area contributed by atoms with Crippen LogP contribution >= 0.6 is 23.2 Å². The minimum atomic E-state index is -4.16. The number of benzene rings is 2. The zero-order valence-electron chi connectivity index (χ0n) is 16.9. The molecule has 1 amide bonds. The molecule has 0 saturated carbocycles. The SMILES string of the molecule is COc1cc(OC)c(NS(=O)(=O)c2cc(C(=O)NCC3CCOC3)ccc2Cl)cc1Cl. The molecule has 2 aromatic rings. The second kappa shape index (κ2) is 9.95. The smallest absolute Gasteiger partial charge is 0.263 e. The number of amides is 1. The monoisotopic (exact) mass is 488 g/mol. The van der Waals surface area contributed by atoms with Gasteiger partial charge in [-0.2, -0.15) is 0 Å². The van der Waals surface area contributed by atoms with Crippen molar-refractivity contribution in [2.45, 2.75) is 11.3 Å². The molecule has 1 saturated heterocycles. The van der Waals surface area contributed by atoms with Crippen molar-refractivity contribution < 1.29 is 27.4 Å². The summed E-state index contributed by atoms with van der Waals surface area (Å²) >= 11 is 12.3. The fourth-order valence-electron chi connectivity index (χ4n) is 3.07. The highest BCUT2D eigenvalue weighted by atomic mass is 35.5. The summed E-state index contributed by atoms with van der Waals surface area (Å²) in [5.41, 5.74) is 0.267. The number of anilines is 1. The maximum Gasteiger partial charge on any atom is 0.263 e. The van der Waals surface area contributed by atoms with Crippen LogP contribution in [0.2, 0.25) is 10.0 Å². The molecular formula is C20H22Cl2N2O6S. The first-order valence-electron chi connectivity index (χ1n) is 9.35. The van der Waals surface area contributed by atoms with E-state index in [2.05, 4.69) is 10.0 Å². The van der Waals surface area contributed by atoms with Crippen LogP contribution in [0.1, 0.15) is 16.8 Å². The van der Waals surface area contributed by atoms with E-state index < -0.39 is 15.9 Å². The van der Waals surface area contributed by atoms with Crippen molar-refractivity contribution in [3.63, 3.8) is 0 Å². The third-order valence-electron chi connectivity index (χ3n) is 4.78. The van der Waals surface area contributed by atoms with Gasteiger partial charge in [-0.05, 0) is 30.7 Å². The summed E-state index contributed by atoms with van der Waals surface area (Å²) in [6, 6.07) is 6.88. The van der Waals surface area contributed by atoms with Gasteiger partial charge in [0, 0.05) is 30.7 Å². The zero-order chi connectivity index (χ0) is 22.6. The Labute approximate surface area is 190 Å². The van der Waals surface area contributed by atoms with Crippen LogP contribution in [0.5, 0.6) is 11.5 Å².